The molecule has 1 unspecified atom stereocenters. The van der Waals surface area contributed by atoms with Crippen LogP contribution in [0.5, 0.6) is 0 Å². The maximum atomic E-state index is 12.6. The van der Waals surface area contributed by atoms with Gasteiger partial charge >= 0.3 is 0 Å². The van der Waals surface area contributed by atoms with Crippen LogP contribution < -0.4 is 0 Å². The number of aliphatic hydroxyl groups is 1. The van der Waals surface area contributed by atoms with Crippen LogP contribution in [-0.4, -0.2) is 18.8 Å². The van der Waals surface area contributed by atoms with Gasteiger partial charge in [-0.05, 0) is 12.1 Å². The lowest BCUT2D eigenvalue weighted by atomic mass is 10.1. The lowest BCUT2D eigenvalue weighted by molar-refractivity contribution is 0.0644. The van der Waals surface area contributed by atoms with Crippen LogP contribution in [0.2, 0.25) is 5.02 Å². The number of ether oxygens (including phenoxy) is 1. The lowest BCUT2D eigenvalue weighted by Gasteiger charge is -2.11. The van der Waals surface area contributed by atoms with Gasteiger partial charge in [0.05, 0.1) is 6.61 Å². The first kappa shape index (κ1) is 10.4. The molecule has 0 spiro atoms. The monoisotopic (exact) mass is 204 g/mol. The molecule has 0 aromatic heterocycles. The van der Waals surface area contributed by atoms with E-state index in [-0.39, 0.29) is 11.6 Å². The van der Waals surface area contributed by atoms with E-state index in [0.717, 1.165) is 6.07 Å². The van der Waals surface area contributed by atoms with Crippen molar-refractivity contribution in [1.29, 1.82) is 0 Å². The zero-order valence-corrected chi connectivity index (χ0v) is 7.88. The summed E-state index contributed by atoms with van der Waals surface area (Å²) in [5.74, 6) is -0.418. The van der Waals surface area contributed by atoms with Crippen molar-refractivity contribution in [2.24, 2.45) is 0 Å². The molecule has 1 N–H and O–H groups in total. The lowest BCUT2D eigenvalue weighted by Crippen LogP contribution is -2.05. The van der Waals surface area contributed by atoms with Crippen molar-refractivity contribution in [3.63, 3.8) is 0 Å². The van der Waals surface area contributed by atoms with E-state index in [1.54, 1.807) is 0 Å². The summed E-state index contributed by atoms with van der Waals surface area (Å²) in [6.07, 6.45) is -0.807. The first-order chi connectivity index (χ1) is 6.15. The summed E-state index contributed by atoms with van der Waals surface area (Å²) in [6.45, 7) is 0.144. The van der Waals surface area contributed by atoms with E-state index in [1.807, 2.05) is 0 Å². The summed E-state index contributed by atoms with van der Waals surface area (Å²) in [5, 5.41) is 9.67. The van der Waals surface area contributed by atoms with Gasteiger partial charge in [-0.25, -0.2) is 4.39 Å². The van der Waals surface area contributed by atoms with Crippen LogP contribution in [0.4, 0.5) is 4.39 Å². The number of methoxy groups -OCH3 is 1. The molecule has 0 fully saturated rings. The molecule has 2 nitrogen and oxygen atoms in total. The Balaban J connectivity index is 2.88. The fourth-order valence-electron chi connectivity index (χ4n) is 1.02. The first-order valence-corrected chi connectivity index (χ1v) is 4.15. The number of aliphatic hydroxyl groups excluding tert-OH is 1. The third-order valence-electron chi connectivity index (χ3n) is 1.65. The molecular weight excluding hydrogens is 195 g/mol. The molecule has 0 saturated carbocycles. The minimum Gasteiger partial charge on any atom is -0.386 e. The van der Waals surface area contributed by atoms with Gasteiger partial charge in [0.15, 0.2) is 0 Å². The summed E-state index contributed by atoms with van der Waals surface area (Å²) >= 11 is 5.70. The second kappa shape index (κ2) is 4.56. The van der Waals surface area contributed by atoms with Crippen molar-refractivity contribution < 1.29 is 14.2 Å². The molecule has 13 heavy (non-hydrogen) atoms. The van der Waals surface area contributed by atoms with Gasteiger partial charge < -0.3 is 9.84 Å². The Morgan fingerprint density at radius 1 is 1.62 bits per heavy atom. The van der Waals surface area contributed by atoms with E-state index in [0.29, 0.717) is 5.56 Å². The number of hydrogen-bond acceptors (Lipinski definition) is 2. The van der Waals surface area contributed by atoms with Crippen LogP contribution in [0, 0.1) is 5.82 Å². The Labute approximate surface area is 80.9 Å². The molecule has 0 aliphatic carbocycles. The Bertz CT molecular complexity index is 291. The molecule has 0 aliphatic rings. The van der Waals surface area contributed by atoms with Gasteiger partial charge in [0, 0.05) is 17.7 Å². The zero-order valence-electron chi connectivity index (χ0n) is 7.13. The van der Waals surface area contributed by atoms with Crippen LogP contribution in [-0.2, 0) is 4.74 Å². The summed E-state index contributed by atoms with van der Waals surface area (Å²) in [5.41, 5.74) is 0.477. The fraction of sp³-hybridized carbons (Fsp3) is 0.333. The standard InChI is InChI=1S/C9H10ClFO2/c1-13-5-9(12)7-3-2-6(11)4-8(7)10/h2-4,9,12H,5H2,1H3. The van der Waals surface area contributed by atoms with Gasteiger partial charge in [-0.3, -0.25) is 0 Å². The predicted molar refractivity (Wildman–Crippen MR) is 48.2 cm³/mol. The van der Waals surface area contributed by atoms with E-state index < -0.39 is 11.9 Å². The van der Waals surface area contributed by atoms with Crippen molar-refractivity contribution in [3.8, 4) is 0 Å². The average molecular weight is 205 g/mol. The topological polar surface area (TPSA) is 29.5 Å². The fourth-order valence-corrected chi connectivity index (χ4v) is 1.31. The van der Waals surface area contributed by atoms with E-state index >= 15 is 0 Å². The third-order valence-corrected chi connectivity index (χ3v) is 1.97. The second-order valence-corrected chi connectivity index (χ2v) is 3.04. The van der Waals surface area contributed by atoms with Gasteiger partial charge in [-0.1, -0.05) is 17.7 Å². The highest BCUT2D eigenvalue weighted by Crippen LogP contribution is 2.23. The normalized spacial score (nSPS) is 12.9. The zero-order chi connectivity index (χ0) is 9.84. The maximum Gasteiger partial charge on any atom is 0.124 e. The molecule has 1 atom stereocenters. The van der Waals surface area contributed by atoms with Crippen LogP contribution in [0.15, 0.2) is 18.2 Å². The molecule has 1 rings (SSSR count). The average Bonchev–Trinajstić information content (AvgIpc) is 2.04. The first-order valence-electron chi connectivity index (χ1n) is 3.77. The van der Waals surface area contributed by atoms with E-state index in [1.165, 1.54) is 19.2 Å². The Kier molecular flexibility index (Phi) is 3.66. The molecule has 0 heterocycles. The number of benzene rings is 1. The summed E-state index contributed by atoms with van der Waals surface area (Å²) in [4.78, 5) is 0. The largest absolute Gasteiger partial charge is 0.386 e. The smallest absolute Gasteiger partial charge is 0.124 e. The van der Waals surface area contributed by atoms with Crippen LogP contribution in [0.25, 0.3) is 0 Å². The molecule has 0 saturated heterocycles. The quantitative estimate of drug-likeness (QED) is 0.818. The molecule has 0 radical (unpaired) electrons. The number of halogens is 2. The minimum atomic E-state index is -0.807. The molecule has 0 amide bonds. The van der Waals surface area contributed by atoms with E-state index in [2.05, 4.69) is 0 Å². The second-order valence-electron chi connectivity index (χ2n) is 2.64. The number of rotatable bonds is 3. The maximum absolute atomic E-state index is 12.6. The Morgan fingerprint density at radius 2 is 2.31 bits per heavy atom. The highest BCUT2D eigenvalue weighted by atomic mass is 35.5. The third kappa shape index (κ3) is 2.66. The molecule has 0 bridgehead atoms. The Morgan fingerprint density at radius 3 is 2.85 bits per heavy atom. The van der Waals surface area contributed by atoms with Gasteiger partial charge in [0.1, 0.15) is 11.9 Å². The van der Waals surface area contributed by atoms with Gasteiger partial charge in [-0.15, -0.1) is 0 Å². The van der Waals surface area contributed by atoms with Crippen molar-refractivity contribution in [3.05, 3.63) is 34.6 Å². The highest BCUT2D eigenvalue weighted by molar-refractivity contribution is 6.31. The van der Waals surface area contributed by atoms with Gasteiger partial charge in [-0.2, -0.15) is 0 Å². The molecular formula is C9H10ClFO2. The molecule has 0 aliphatic heterocycles. The Hall–Kier alpha value is -0.640. The van der Waals surface area contributed by atoms with E-state index in [9.17, 15) is 9.50 Å². The van der Waals surface area contributed by atoms with Crippen LogP contribution in [0.1, 0.15) is 11.7 Å². The highest BCUT2D eigenvalue weighted by Gasteiger charge is 2.11. The SMILES string of the molecule is COCC(O)c1ccc(F)cc1Cl. The molecule has 4 heteroatoms. The summed E-state index contributed by atoms with van der Waals surface area (Å²) in [6, 6.07) is 3.86. The van der Waals surface area contributed by atoms with Crippen LogP contribution >= 0.6 is 11.6 Å². The van der Waals surface area contributed by atoms with Crippen molar-refractivity contribution in [2.45, 2.75) is 6.10 Å². The molecule has 1 aromatic rings. The minimum absolute atomic E-state index is 0.144. The van der Waals surface area contributed by atoms with Crippen molar-refractivity contribution >= 4 is 11.6 Å². The molecule has 72 valence electrons. The van der Waals surface area contributed by atoms with Gasteiger partial charge in [0.2, 0.25) is 0 Å². The van der Waals surface area contributed by atoms with E-state index in [4.69, 9.17) is 16.3 Å². The predicted octanol–water partition coefficient (Wildman–Crippen LogP) is 2.16. The summed E-state index contributed by atoms with van der Waals surface area (Å²) in [7, 11) is 1.47. The van der Waals surface area contributed by atoms with Crippen molar-refractivity contribution in [2.75, 3.05) is 13.7 Å². The summed E-state index contributed by atoms with van der Waals surface area (Å²) < 4.78 is 17.3. The molecule has 1 aromatic carbocycles. The van der Waals surface area contributed by atoms with Crippen LogP contribution in [0.3, 0.4) is 0 Å². The number of hydrogen-bond donors (Lipinski definition) is 1. The van der Waals surface area contributed by atoms with Crippen molar-refractivity contribution in [1.82, 2.24) is 0 Å². The van der Waals surface area contributed by atoms with Gasteiger partial charge in [0.25, 0.3) is 0 Å².